The fourth-order valence-corrected chi connectivity index (χ4v) is 5.37. The number of nitrogens with one attached hydrogen (secondary N) is 2. The van der Waals surface area contributed by atoms with Crippen molar-refractivity contribution in [3.05, 3.63) is 41.7 Å². The Morgan fingerprint density at radius 3 is 2.64 bits per heavy atom. The highest BCUT2D eigenvalue weighted by Gasteiger charge is 2.63. The molecule has 11 heteroatoms. The lowest BCUT2D eigenvalue weighted by Gasteiger charge is -2.44. The van der Waals surface area contributed by atoms with Crippen LogP contribution in [0.15, 0.2) is 30.3 Å². The van der Waals surface area contributed by atoms with E-state index in [1.165, 1.54) is 11.8 Å². The van der Waals surface area contributed by atoms with Crippen molar-refractivity contribution in [3.8, 4) is 0 Å². The summed E-state index contributed by atoms with van der Waals surface area (Å²) in [5.74, 6) is -3.24. The molecule has 3 unspecified atom stereocenters. The van der Waals surface area contributed by atoms with Crippen LogP contribution in [0.1, 0.15) is 37.2 Å². The highest BCUT2D eigenvalue weighted by Crippen LogP contribution is 2.56. The van der Waals surface area contributed by atoms with E-state index in [9.17, 15) is 19.5 Å². The van der Waals surface area contributed by atoms with E-state index >= 15 is 0 Å². The van der Waals surface area contributed by atoms with Gasteiger partial charge in [0.2, 0.25) is 11.8 Å². The molecule has 2 amide bonds. The molecule has 146 valence electrons. The molecule has 2 aromatic rings. The van der Waals surface area contributed by atoms with E-state index in [0.717, 1.165) is 0 Å². The van der Waals surface area contributed by atoms with Crippen LogP contribution in [0.4, 0.5) is 0 Å². The van der Waals surface area contributed by atoms with Crippen LogP contribution in [-0.4, -0.2) is 64.6 Å². The van der Waals surface area contributed by atoms with Crippen LogP contribution < -0.4 is 5.32 Å². The number of aliphatic carboxylic acids is 1. The number of fused-ring (bicyclic) bond motifs is 1. The number of amides is 2. The van der Waals surface area contributed by atoms with Crippen LogP contribution in [0.5, 0.6) is 0 Å². The summed E-state index contributed by atoms with van der Waals surface area (Å²) in [6.07, 6.45) is 0. The maximum atomic E-state index is 12.8. The van der Waals surface area contributed by atoms with Gasteiger partial charge in [0.15, 0.2) is 11.7 Å². The van der Waals surface area contributed by atoms with Gasteiger partial charge in [-0.3, -0.25) is 14.4 Å². The number of carboxylic acids is 1. The molecule has 2 aliphatic heterocycles. The van der Waals surface area contributed by atoms with E-state index in [1.54, 1.807) is 35.2 Å². The third kappa shape index (κ3) is 2.82. The van der Waals surface area contributed by atoms with Crippen molar-refractivity contribution in [2.75, 3.05) is 0 Å². The first-order valence-corrected chi connectivity index (χ1v) is 9.50. The molecule has 4 rings (SSSR count). The van der Waals surface area contributed by atoms with Gasteiger partial charge in [-0.25, -0.2) is 0 Å². The molecule has 0 saturated carbocycles. The van der Waals surface area contributed by atoms with Gasteiger partial charge >= 0.3 is 5.97 Å². The molecule has 0 spiro atoms. The van der Waals surface area contributed by atoms with Crippen molar-refractivity contribution >= 4 is 29.5 Å². The van der Waals surface area contributed by atoms with Gasteiger partial charge in [0.05, 0.1) is 0 Å². The number of rotatable bonds is 5. The van der Waals surface area contributed by atoms with Crippen LogP contribution in [0.25, 0.3) is 0 Å². The van der Waals surface area contributed by atoms with E-state index in [1.807, 2.05) is 13.8 Å². The molecule has 0 aliphatic carbocycles. The van der Waals surface area contributed by atoms with Crippen LogP contribution in [0, 0.1) is 0 Å². The number of thioether (sulfide) groups is 1. The molecule has 2 aliphatic rings. The lowest BCUT2D eigenvalue weighted by molar-refractivity contribution is -0.153. The number of hydrogen-bond donors (Lipinski definition) is 3. The number of aromatic nitrogens is 4. The Morgan fingerprint density at radius 1 is 1.32 bits per heavy atom. The van der Waals surface area contributed by atoms with Crippen molar-refractivity contribution in [2.24, 2.45) is 0 Å². The van der Waals surface area contributed by atoms with Gasteiger partial charge in [-0.1, -0.05) is 35.5 Å². The average molecular weight is 402 g/mol. The topological polar surface area (TPSA) is 141 Å². The number of carboxylic acid groups (broad SMARTS) is 1. The average Bonchev–Trinajstić information content (AvgIpc) is 3.24. The van der Waals surface area contributed by atoms with Gasteiger partial charge in [-0.15, -0.1) is 22.0 Å². The summed E-state index contributed by atoms with van der Waals surface area (Å²) in [4.78, 5) is 38.7. The summed E-state index contributed by atoms with van der Waals surface area (Å²) in [5, 5.41) is 25.8. The quantitative estimate of drug-likeness (QED) is 0.479. The van der Waals surface area contributed by atoms with Crippen molar-refractivity contribution < 1.29 is 19.5 Å². The van der Waals surface area contributed by atoms with E-state index in [2.05, 4.69) is 25.9 Å². The molecule has 2 fully saturated rings. The summed E-state index contributed by atoms with van der Waals surface area (Å²) in [7, 11) is 0. The Bertz CT molecular complexity index is 919. The molecule has 28 heavy (non-hydrogen) atoms. The molecule has 1 aromatic carbocycles. The maximum absolute atomic E-state index is 12.8. The first kappa shape index (κ1) is 18.4. The zero-order valence-electron chi connectivity index (χ0n) is 15.1. The van der Waals surface area contributed by atoms with E-state index < -0.39 is 28.6 Å². The number of tetrazole rings is 1. The van der Waals surface area contributed by atoms with Gasteiger partial charge in [-0.05, 0) is 19.4 Å². The highest BCUT2D eigenvalue weighted by atomic mass is 32.2. The molecule has 0 bridgehead atoms. The normalized spacial score (nSPS) is 26.3. The van der Waals surface area contributed by atoms with Crippen LogP contribution in [-0.2, 0) is 14.4 Å². The molecule has 3 heterocycles. The number of aromatic amines is 1. The van der Waals surface area contributed by atoms with Gasteiger partial charge < -0.3 is 15.3 Å². The zero-order valence-corrected chi connectivity index (χ0v) is 15.9. The van der Waals surface area contributed by atoms with Crippen molar-refractivity contribution in [1.82, 2.24) is 30.8 Å². The third-order valence-electron chi connectivity index (χ3n) is 4.99. The Morgan fingerprint density at radius 2 is 2.04 bits per heavy atom. The number of nitrogens with zero attached hydrogens (tertiary/aromatic N) is 4. The number of benzene rings is 1. The zero-order chi connectivity index (χ0) is 20.1. The maximum Gasteiger partial charge on any atom is 0.320 e. The minimum absolute atomic E-state index is 0.288. The Balaban J connectivity index is 1.54. The first-order valence-electron chi connectivity index (χ1n) is 8.62. The molecule has 1 aromatic heterocycles. The minimum atomic E-state index is -1.38. The molecule has 3 N–H and O–H groups in total. The number of hydrogen-bond acceptors (Lipinski definition) is 7. The van der Waals surface area contributed by atoms with Crippen LogP contribution >= 0.6 is 11.8 Å². The molecule has 4 atom stereocenters. The fourth-order valence-electron chi connectivity index (χ4n) is 3.74. The summed E-state index contributed by atoms with van der Waals surface area (Å²) in [6.45, 7) is 3.93. The van der Waals surface area contributed by atoms with Gasteiger partial charge in [0.25, 0.3) is 0 Å². The molecular weight excluding hydrogens is 384 g/mol. The smallest absolute Gasteiger partial charge is 0.320 e. The van der Waals surface area contributed by atoms with Gasteiger partial charge in [0, 0.05) is 4.75 Å². The Labute approximate surface area is 164 Å². The molecule has 0 radical (unpaired) electrons. The Kier molecular flexibility index (Phi) is 4.33. The molecular formula is C17H18N6O4S. The van der Waals surface area contributed by atoms with Crippen LogP contribution in [0.2, 0.25) is 0 Å². The second-order valence-electron chi connectivity index (χ2n) is 7.20. The summed E-state index contributed by atoms with van der Waals surface area (Å²) in [6, 6.07) is 7.05. The number of carbonyl (C=O) groups is 3. The summed E-state index contributed by atoms with van der Waals surface area (Å²) < 4.78 is -0.394. The van der Waals surface area contributed by atoms with Crippen molar-refractivity contribution in [1.29, 1.82) is 0 Å². The number of carbonyl (C=O) groups excluding carboxylic acids is 2. The monoisotopic (exact) mass is 402 g/mol. The standard InChI is InChI=1S/C17H18N6O4S/c1-17(2)11(12-19-21-22-20-12)23-14(25)10(15(23)28-17)18-13(24)9(16(26)27)8-6-4-3-5-7-8/h3-7,9-11,15H,1-2H3,(H,18,24)(H,26,27)(H,19,20,21,22)/t9?,10?,11?,15-/m0/s1. The second-order valence-corrected chi connectivity index (χ2v) is 8.97. The summed E-state index contributed by atoms with van der Waals surface area (Å²) in [5.41, 5.74) is 0.361. The largest absolute Gasteiger partial charge is 0.480 e. The SMILES string of the molecule is CC1(C)S[C@H]2C(NC(=O)C(C(=O)O)c3ccccc3)C(=O)N2C1c1nn[nH]n1. The first-order chi connectivity index (χ1) is 13.3. The second kappa shape index (κ2) is 6.59. The fraction of sp³-hybridized carbons (Fsp3) is 0.412. The van der Waals surface area contributed by atoms with E-state index in [-0.39, 0.29) is 17.3 Å². The van der Waals surface area contributed by atoms with Crippen molar-refractivity contribution in [3.63, 3.8) is 0 Å². The molecule has 2 saturated heterocycles. The van der Waals surface area contributed by atoms with Crippen LogP contribution in [0.3, 0.4) is 0 Å². The summed E-state index contributed by atoms with van der Waals surface area (Å²) >= 11 is 1.51. The molecule has 10 nitrogen and oxygen atoms in total. The third-order valence-corrected chi connectivity index (χ3v) is 6.56. The van der Waals surface area contributed by atoms with E-state index in [0.29, 0.717) is 11.4 Å². The lowest BCUT2D eigenvalue weighted by Crippen LogP contribution is -2.68. The highest BCUT2D eigenvalue weighted by molar-refractivity contribution is 8.01. The Hall–Kier alpha value is -2.95. The predicted molar refractivity (Wildman–Crippen MR) is 98.0 cm³/mol. The van der Waals surface area contributed by atoms with Gasteiger partial charge in [-0.2, -0.15) is 5.21 Å². The van der Waals surface area contributed by atoms with Crippen molar-refractivity contribution in [2.45, 2.75) is 42.0 Å². The van der Waals surface area contributed by atoms with E-state index in [4.69, 9.17) is 0 Å². The van der Waals surface area contributed by atoms with Gasteiger partial charge in [0.1, 0.15) is 17.5 Å². The minimum Gasteiger partial charge on any atom is -0.480 e. The number of β-lactam (4-membered cyclic amide) rings is 1. The lowest BCUT2D eigenvalue weighted by atomic mass is 9.94. The number of H-pyrrole nitrogens is 1. The predicted octanol–water partition coefficient (Wildman–Crippen LogP) is 0.288.